The molecular weight excluding hydrogens is 414 g/mol. The normalized spacial score (nSPS) is 11.8. The summed E-state index contributed by atoms with van der Waals surface area (Å²) in [5.41, 5.74) is 9.26. The molecule has 6 aromatic rings. The molecule has 0 spiro atoms. The number of imidazole rings is 1. The molecule has 0 radical (unpaired) electrons. The molecule has 0 saturated heterocycles. The van der Waals surface area contributed by atoms with E-state index in [0.717, 1.165) is 29.0 Å². The Labute approximate surface area is 199 Å². The van der Waals surface area contributed by atoms with Crippen LogP contribution in [-0.2, 0) is 6.42 Å². The second-order valence-corrected chi connectivity index (χ2v) is 8.55. The Morgan fingerprint density at radius 3 is 2.18 bits per heavy atom. The predicted molar refractivity (Wildman–Crippen MR) is 143 cm³/mol. The van der Waals surface area contributed by atoms with Crippen LogP contribution in [0.5, 0.6) is 0 Å². The maximum Gasteiger partial charge on any atom is 0.145 e. The van der Waals surface area contributed by atoms with Crippen LogP contribution in [0, 0.1) is 0 Å². The van der Waals surface area contributed by atoms with E-state index in [4.69, 9.17) is 4.98 Å². The van der Waals surface area contributed by atoms with E-state index in [2.05, 4.69) is 114 Å². The predicted octanol–water partition coefficient (Wildman–Crippen LogP) is 7.97. The standard InChI is InChI=1S/C31H25N3/c1-3-8-30-28(4-2)33-31-25-13-11-23(22-15-17-32-18-16-22)19-26(25)27-20-24(12-14-29(27)34(30)31)21-9-6-5-7-10-21/h3,5-20H,4H2,1-2H3/b8-3-. The lowest BCUT2D eigenvalue weighted by molar-refractivity contribution is 1.06. The van der Waals surface area contributed by atoms with Gasteiger partial charge in [-0.05, 0) is 83.5 Å². The number of hydrogen-bond acceptors (Lipinski definition) is 2. The van der Waals surface area contributed by atoms with Gasteiger partial charge < -0.3 is 0 Å². The zero-order valence-electron chi connectivity index (χ0n) is 19.4. The first-order valence-corrected chi connectivity index (χ1v) is 11.8. The summed E-state index contributed by atoms with van der Waals surface area (Å²) in [5, 5.41) is 3.61. The second-order valence-electron chi connectivity index (χ2n) is 8.55. The molecule has 0 fully saturated rings. The molecule has 3 heterocycles. The van der Waals surface area contributed by atoms with Crippen LogP contribution in [0.4, 0.5) is 0 Å². The number of nitrogens with zero attached hydrogens (tertiary/aromatic N) is 3. The third kappa shape index (κ3) is 3.20. The zero-order valence-corrected chi connectivity index (χ0v) is 19.4. The van der Waals surface area contributed by atoms with Crippen molar-refractivity contribution in [3.05, 3.63) is 109 Å². The first kappa shape index (κ1) is 20.4. The first-order valence-electron chi connectivity index (χ1n) is 11.8. The van der Waals surface area contributed by atoms with Crippen LogP contribution >= 0.6 is 0 Å². The van der Waals surface area contributed by atoms with Gasteiger partial charge in [0.1, 0.15) is 5.65 Å². The van der Waals surface area contributed by atoms with Crippen molar-refractivity contribution in [1.29, 1.82) is 0 Å². The van der Waals surface area contributed by atoms with E-state index in [1.807, 2.05) is 12.4 Å². The van der Waals surface area contributed by atoms with Gasteiger partial charge >= 0.3 is 0 Å². The Morgan fingerprint density at radius 2 is 1.44 bits per heavy atom. The van der Waals surface area contributed by atoms with Crippen molar-refractivity contribution < 1.29 is 0 Å². The van der Waals surface area contributed by atoms with E-state index in [1.54, 1.807) is 0 Å². The highest BCUT2D eigenvalue weighted by Crippen LogP contribution is 2.36. The molecule has 0 amide bonds. The van der Waals surface area contributed by atoms with Gasteiger partial charge in [-0.15, -0.1) is 0 Å². The lowest BCUT2D eigenvalue weighted by Gasteiger charge is -2.13. The number of aryl methyl sites for hydroxylation is 1. The summed E-state index contributed by atoms with van der Waals surface area (Å²) < 4.78 is 2.33. The molecule has 0 N–H and O–H groups in total. The van der Waals surface area contributed by atoms with Gasteiger partial charge in [0.2, 0.25) is 0 Å². The number of allylic oxidation sites excluding steroid dienone is 1. The highest BCUT2D eigenvalue weighted by Gasteiger charge is 2.17. The summed E-state index contributed by atoms with van der Waals surface area (Å²) in [6.45, 7) is 4.24. The van der Waals surface area contributed by atoms with Crippen LogP contribution in [0.15, 0.2) is 97.3 Å². The highest BCUT2D eigenvalue weighted by atomic mass is 15.0. The highest BCUT2D eigenvalue weighted by molar-refractivity contribution is 6.14. The topological polar surface area (TPSA) is 30.2 Å². The number of hydrogen-bond donors (Lipinski definition) is 0. The smallest absolute Gasteiger partial charge is 0.145 e. The Morgan fingerprint density at radius 1 is 0.735 bits per heavy atom. The van der Waals surface area contributed by atoms with Crippen molar-refractivity contribution in [2.75, 3.05) is 0 Å². The van der Waals surface area contributed by atoms with Gasteiger partial charge in [-0.1, -0.05) is 55.5 Å². The van der Waals surface area contributed by atoms with E-state index in [-0.39, 0.29) is 0 Å². The number of pyridine rings is 2. The maximum atomic E-state index is 5.11. The fourth-order valence-electron chi connectivity index (χ4n) is 4.93. The van der Waals surface area contributed by atoms with E-state index in [9.17, 15) is 0 Å². The summed E-state index contributed by atoms with van der Waals surface area (Å²) >= 11 is 0. The maximum absolute atomic E-state index is 5.11. The molecule has 6 rings (SSSR count). The lowest BCUT2D eigenvalue weighted by Crippen LogP contribution is -1.95. The van der Waals surface area contributed by atoms with Crippen molar-refractivity contribution in [1.82, 2.24) is 14.4 Å². The van der Waals surface area contributed by atoms with Crippen LogP contribution in [0.1, 0.15) is 25.2 Å². The summed E-state index contributed by atoms with van der Waals surface area (Å²) in [6, 6.07) is 28.2. The van der Waals surface area contributed by atoms with Crippen molar-refractivity contribution in [2.24, 2.45) is 0 Å². The average molecular weight is 440 g/mol. The van der Waals surface area contributed by atoms with Gasteiger partial charge in [0.25, 0.3) is 0 Å². The summed E-state index contributed by atoms with van der Waals surface area (Å²) in [4.78, 5) is 9.30. The minimum atomic E-state index is 0.890. The molecule has 0 unspecified atom stereocenters. The minimum absolute atomic E-state index is 0.890. The molecule has 0 saturated carbocycles. The van der Waals surface area contributed by atoms with E-state index in [1.165, 1.54) is 38.4 Å². The molecule has 3 nitrogen and oxygen atoms in total. The van der Waals surface area contributed by atoms with Gasteiger partial charge in [-0.3, -0.25) is 9.38 Å². The molecule has 0 aliphatic heterocycles. The third-order valence-corrected chi connectivity index (χ3v) is 6.56. The van der Waals surface area contributed by atoms with Crippen LogP contribution < -0.4 is 0 Å². The van der Waals surface area contributed by atoms with Gasteiger partial charge in [0, 0.05) is 23.2 Å². The third-order valence-electron chi connectivity index (χ3n) is 6.56. The SMILES string of the molecule is C/C=C\c1c(CC)nc2c3ccc(-c4ccncc4)cc3c3cc(-c4ccccc4)ccc3n12. The van der Waals surface area contributed by atoms with Gasteiger partial charge in [0.15, 0.2) is 0 Å². The molecule has 0 aliphatic rings. The molecule has 34 heavy (non-hydrogen) atoms. The largest absolute Gasteiger partial charge is 0.292 e. The molecule has 0 atom stereocenters. The zero-order chi connectivity index (χ0) is 23.1. The van der Waals surface area contributed by atoms with Crippen molar-refractivity contribution in [3.63, 3.8) is 0 Å². The molecule has 0 aliphatic carbocycles. The summed E-state index contributed by atoms with van der Waals surface area (Å²) in [5.74, 6) is 0. The molecule has 3 aromatic carbocycles. The number of rotatable bonds is 4. The van der Waals surface area contributed by atoms with Crippen molar-refractivity contribution in [2.45, 2.75) is 20.3 Å². The molecule has 3 aromatic heterocycles. The van der Waals surface area contributed by atoms with E-state index in [0.29, 0.717) is 0 Å². The fourth-order valence-corrected chi connectivity index (χ4v) is 4.93. The number of fused-ring (bicyclic) bond motifs is 6. The quantitative estimate of drug-likeness (QED) is 0.261. The van der Waals surface area contributed by atoms with Crippen LogP contribution in [-0.4, -0.2) is 14.4 Å². The Hall–Kier alpha value is -4.24. The number of aromatic nitrogens is 3. The van der Waals surface area contributed by atoms with Crippen molar-refractivity contribution >= 4 is 33.4 Å². The lowest BCUT2D eigenvalue weighted by atomic mass is 9.97. The second kappa shape index (κ2) is 8.27. The minimum Gasteiger partial charge on any atom is -0.292 e. The fraction of sp³-hybridized carbons (Fsp3) is 0.0968. The van der Waals surface area contributed by atoms with Gasteiger partial charge in [0.05, 0.1) is 16.9 Å². The average Bonchev–Trinajstić information content (AvgIpc) is 3.28. The van der Waals surface area contributed by atoms with Crippen LogP contribution in [0.25, 0.3) is 55.7 Å². The monoisotopic (exact) mass is 439 g/mol. The van der Waals surface area contributed by atoms with Crippen molar-refractivity contribution in [3.8, 4) is 22.3 Å². The Balaban J connectivity index is 1.77. The molecular formula is C31H25N3. The Bertz CT molecular complexity index is 1680. The summed E-state index contributed by atoms with van der Waals surface area (Å²) in [7, 11) is 0. The first-order chi connectivity index (χ1) is 16.8. The van der Waals surface area contributed by atoms with E-state index >= 15 is 0 Å². The molecule has 0 bridgehead atoms. The van der Waals surface area contributed by atoms with Gasteiger partial charge in [-0.25, -0.2) is 4.98 Å². The molecule has 3 heteroatoms. The Kier molecular flexibility index (Phi) is 4.96. The van der Waals surface area contributed by atoms with Crippen LogP contribution in [0.3, 0.4) is 0 Å². The number of benzene rings is 3. The van der Waals surface area contributed by atoms with Gasteiger partial charge in [-0.2, -0.15) is 0 Å². The molecule has 164 valence electrons. The summed E-state index contributed by atoms with van der Waals surface area (Å²) in [6.07, 6.45) is 8.87. The van der Waals surface area contributed by atoms with E-state index < -0.39 is 0 Å². The van der Waals surface area contributed by atoms with Crippen LogP contribution in [0.2, 0.25) is 0 Å².